The van der Waals surface area contributed by atoms with Crippen LogP contribution in [0.2, 0.25) is 0 Å². The predicted octanol–water partition coefficient (Wildman–Crippen LogP) is 4.90. The average molecular weight is 384 g/mol. The third kappa shape index (κ3) is 4.18. The van der Waals surface area contributed by atoms with E-state index < -0.39 is 0 Å². The van der Waals surface area contributed by atoms with Gasteiger partial charge in [-0.1, -0.05) is 17.7 Å². The predicted molar refractivity (Wildman–Crippen MR) is 111 cm³/mol. The number of benzene rings is 1. The van der Waals surface area contributed by atoms with Crippen LogP contribution in [-0.2, 0) is 4.79 Å². The lowest BCUT2D eigenvalue weighted by molar-refractivity contribution is -0.127. The molecule has 1 amide bonds. The summed E-state index contributed by atoms with van der Waals surface area (Å²) in [7, 11) is 0. The molecule has 1 N–H and O–H groups in total. The lowest BCUT2D eigenvalue weighted by Crippen LogP contribution is -2.34. The molecule has 4 nitrogen and oxygen atoms in total. The van der Waals surface area contributed by atoms with E-state index in [9.17, 15) is 9.18 Å². The number of hydrogen-bond acceptors (Lipinski definition) is 3. The van der Waals surface area contributed by atoms with Crippen LogP contribution in [0.15, 0.2) is 51.8 Å². The van der Waals surface area contributed by atoms with Crippen molar-refractivity contribution < 1.29 is 9.18 Å². The summed E-state index contributed by atoms with van der Waals surface area (Å²) in [5.74, 6) is 0.384. The highest BCUT2D eigenvalue weighted by Crippen LogP contribution is 2.38. The SMILES string of the molecule is C=N/C(NC1(C)CC1)=C(\C)C(C(=O)N1CCCC1c1cccc(F)c1)=C(C)C. The standard InChI is InChI=1S/C23H30FN3O/c1-15(2)20(16(3)21(25-5)26-23(4)11-12-23)22(28)27-13-7-10-19(27)17-8-6-9-18(24)14-17/h6,8-9,14,19,26H,5,7,10-13H2,1-4H3/b21-16-. The van der Waals surface area contributed by atoms with Gasteiger partial charge < -0.3 is 10.2 Å². The van der Waals surface area contributed by atoms with E-state index in [0.29, 0.717) is 17.9 Å². The number of allylic oxidation sites excluding steroid dienone is 1. The van der Waals surface area contributed by atoms with Gasteiger partial charge in [-0.15, -0.1) is 0 Å². The zero-order valence-electron chi connectivity index (χ0n) is 17.3. The molecule has 0 aromatic heterocycles. The van der Waals surface area contributed by atoms with Crippen LogP contribution in [-0.4, -0.2) is 29.6 Å². The van der Waals surface area contributed by atoms with E-state index in [1.807, 2.05) is 31.7 Å². The Morgan fingerprint density at radius 2 is 2.04 bits per heavy atom. The Morgan fingerprint density at radius 3 is 2.61 bits per heavy atom. The molecular formula is C23H30FN3O. The first-order valence-electron chi connectivity index (χ1n) is 9.96. The van der Waals surface area contributed by atoms with Crippen LogP contribution in [0.25, 0.3) is 0 Å². The fourth-order valence-electron chi connectivity index (χ4n) is 3.93. The second kappa shape index (κ2) is 7.90. The lowest BCUT2D eigenvalue weighted by atomic mass is 9.98. The van der Waals surface area contributed by atoms with Crippen LogP contribution in [0.4, 0.5) is 4.39 Å². The van der Waals surface area contributed by atoms with E-state index >= 15 is 0 Å². The van der Waals surface area contributed by atoms with Crippen molar-refractivity contribution in [2.45, 2.75) is 65.0 Å². The maximum atomic E-state index is 13.7. The second-order valence-corrected chi connectivity index (χ2v) is 8.40. The van der Waals surface area contributed by atoms with Crippen LogP contribution in [0.5, 0.6) is 0 Å². The molecule has 1 saturated heterocycles. The molecule has 1 unspecified atom stereocenters. The number of hydrogen-bond donors (Lipinski definition) is 1. The van der Waals surface area contributed by atoms with Crippen LogP contribution in [0.3, 0.4) is 0 Å². The van der Waals surface area contributed by atoms with Gasteiger partial charge in [0, 0.05) is 23.2 Å². The van der Waals surface area contributed by atoms with Crippen LogP contribution >= 0.6 is 0 Å². The van der Waals surface area contributed by atoms with E-state index in [1.165, 1.54) is 12.1 Å². The van der Waals surface area contributed by atoms with Gasteiger partial charge in [0.15, 0.2) is 0 Å². The molecule has 1 aromatic carbocycles. The number of nitrogens with zero attached hydrogens (tertiary/aromatic N) is 2. The number of carbonyl (C=O) groups excluding carboxylic acids is 1. The third-order valence-corrected chi connectivity index (χ3v) is 5.77. The number of rotatable bonds is 6. The normalized spacial score (nSPS) is 21.0. The maximum absolute atomic E-state index is 13.7. The maximum Gasteiger partial charge on any atom is 0.254 e. The Morgan fingerprint density at radius 1 is 1.32 bits per heavy atom. The van der Waals surface area contributed by atoms with Gasteiger partial charge in [-0.25, -0.2) is 9.38 Å². The van der Waals surface area contributed by atoms with Crippen molar-refractivity contribution in [3.63, 3.8) is 0 Å². The van der Waals surface area contributed by atoms with E-state index in [1.54, 1.807) is 6.07 Å². The van der Waals surface area contributed by atoms with Crippen molar-refractivity contribution in [1.29, 1.82) is 0 Å². The highest BCUT2D eigenvalue weighted by Gasteiger charge is 2.39. The van der Waals surface area contributed by atoms with Gasteiger partial charge in [-0.2, -0.15) is 0 Å². The quantitative estimate of drug-likeness (QED) is 0.431. The third-order valence-electron chi connectivity index (χ3n) is 5.77. The topological polar surface area (TPSA) is 44.7 Å². The van der Waals surface area contributed by atoms with E-state index in [2.05, 4.69) is 24.0 Å². The second-order valence-electron chi connectivity index (χ2n) is 8.40. The summed E-state index contributed by atoms with van der Waals surface area (Å²) in [5, 5.41) is 3.44. The molecule has 0 spiro atoms. The Labute approximate surface area is 167 Å². The first kappa shape index (κ1) is 20.3. The first-order chi connectivity index (χ1) is 13.3. The molecule has 1 aliphatic carbocycles. The van der Waals surface area contributed by atoms with E-state index in [-0.39, 0.29) is 23.3 Å². The van der Waals surface area contributed by atoms with Gasteiger partial charge in [0.25, 0.3) is 5.91 Å². The molecule has 1 aromatic rings. The van der Waals surface area contributed by atoms with Gasteiger partial charge in [0.2, 0.25) is 0 Å². The van der Waals surface area contributed by atoms with Gasteiger partial charge in [0.1, 0.15) is 11.6 Å². The van der Waals surface area contributed by atoms with Crippen molar-refractivity contribution in [3.8, 4) is 0 Å². The van der Waals surface area contributed by atoms with Crippen molar-refractivity contribution in [1.82, 2.24) is 10.2 Å². The first-order valence-corrected chi connectivity index (χ1v) is 9.96. The van der Waals surface area contributed by atoms with Gasteiger partial charge in [0.05, 0.1) is 6.04 Å². The fraction of sp³-hybridized carbons (Fsp3) is 0.478. The molecule has 150 valence electrons. The number of nitrogens with one attached hydrogen (secondary N) is 1. The number of carbonyl (C=O) groups is 1. The molecule has 1 saturated carbocycles. The molecule has 1 atom stereocenters. The molecule has 0 radical (unpaired) electrons. The van der Waals surface area contributed by atoms with Crippen molar-refractivity contribution in [3.05, 3.63) is 58.2 Å². The molecule has 2 fully saturated rings. The number of halogens is 1. The number of aliphatic imine (C=N–C) groups is 1. The molecule has 1 aliphatic heterocycles. The molecule has 1 heterocycles. The monoisotopic (exact) mass is 383 g/mol. The van der Waals surface area contributed by atoms with Crippen molar-refractivity contribution in [2.24, 2.45) is 4.99 Å². The minimum Gasteiger partial charge on any atom is -0.365 e. The van der Waals surface area contributed by atoms with Crippen LogP contribution < -0.4 is 5.32 Å². The Kier molecular flexibility index (Phi) is 5.73. The summed E-state index contributed by atoms with van der Waals surface area (Å²) < 4.78 is 13.7. The number of likely N-dealkylation sites (tertiary alicyclic amines) is 1. The van der Waals surface area contributed by atoms with Crippen LogP contribution in [0.1, 0.15) is 65.0 Å². The average Bonchev–Trinajstić information content (AvgIpc) is 3.18. The minimum atomic E-state index is -0.268. The van der Waals surface area contributed by atoms with E-state index in [4.69, 9.17) is 0 Å². The highest BCUT2D eigenvalue weighted by molar-refractivity contribution is 5.99. The molecule has 0 bridgehead atoms. The van der Waals surface area contributed by atoms with E-state index in [0.717, 1.165) is 42.4 Å². The van der Waals surface area contributed by atoms with Gasteiger partial charge >= 0.3 is 0 Å². The number of amides is 1. The smallest absolute Gasteiger partial charge is 0.254 e. The minimum absolute atomic E-state index is 0.0202. The van der Waals surface area contributed by atoms with Gasteiger partial charge in [-0.05, 0) is 77.8 Å². The molecule has 3 rings (SSSR count). The summed E-state index contributed by atoms with van der Waals surface area (Å²) in [6.45, 7) is 12.3. The molecular weight excluding hydrogens is 353 g/mol. The van der Waals surface area contributed by atoms with Crippen LogP contribution in [0, 0.1) is 5.82 Å². The molecule has 2 aliphatic rings. The zero-order valence-corrected chi connectivity index (χ0v) is 17.3. The summed E-state index contributed by atoms with van der Waals surface area (Å²) >= 11 is 0. The Hall–Kier alpha value is -2.43. The molecule has 5 heteroatoms. The summed E-state index contributed by atoms with van der Waals surface area (Å²) in [6, 6.07) is 6.48. The largest absolute Gasteiger partial charge is 0.365 e. The summed E-state index contributed by atoms with van der Waals surface area (Å²) in [4.78, 5) is 19.6. The summed E-state index contributed by atoms with van der Waals surface area (Å²) in [6.07, 6.45) is 3.93. The Balaban J connectivity index is 1.93. The van der Waals surface area contributed by atoms with Gasteiger partial charge in [-0.3, -0.25) is 4.79 Å². The Bertz CT molecular complexity index is 847. The summed E-state index contributed by atoms with van der Waals surface area (Å²) in [5.41, 5.74) is 3.33. The van der Waals surface area contributed by atoms with Crippen molar-refractivity contribution >= 4 is 12.6 Å². The lowest BCUT2D eigenvalue weighted by Gasteiger charge is -2.28. The van der Waals surface area contributed by atoms with Crippen molar-refractivity contribution in [2.75, 3.05) is 6.54 Å². The fourth-order valence-corrected chi connectivity index (χ4v) is 3.93. The molecule has 28 heavy (non-hydrogen) atoms. The zero-order chi connectivity index (χ0) is 20.5. The highest BCUT2D eigenvalue weighted by atomic mass is 19.1.